The molecular weight excluding hydrogens is 410 g/mol. The van der Waals surface area contributed by atoms with Crippen LogP contribution < -0.4 is 5.43 Å². The van der Waals surface area contributed by atoms with E-state index in [4.69, 9.17) is 0 Å². The summed E-state index contributed by atoms with van der Waals surface area (Å²) in [4.78, 5) is 20.4. The maximum atomic E-state index is 12.2. The lowest BCUT2D eigenvalue weighted by atomic mass is 10.2. The molecule has 1 aromatic carbocycles. The predicted octanol–water partition coefficient (Wildman–Crippen LogP) is 3.28. The molecule has 4 aromatic rings. The monoisotopic (exact) mass is 429 g/mol. The first-order valence-electron chi connectivity index (χ1n) is 9.49. The molecule has 9 heteroatoms. The SMILES string of the molecule is Cc1ccc(-n2c(SCC(=O)N/N=C\c3ccccn3)nnc2-c2ccncc2)cc1. The van der Waals surface area contributed by atoms with Crippen LogP contribution in [-0.2, 0) is 4.79 Å². The fourth-order valence-corrected chi connectivity index (χ4v) is 3.51. The lowest BCUT2D eigenvalue weighted by Gasteiger charge is -2.10. The van der Waals surface area contributed by atoms with Gasteiger partial charge in [0.1, 0.15) is 0 Å². The van der Waals surface area contributed by atoms with Crippen LogP contribution >= 0.6 is 11.8 Å². The summed E-state index contributed by atoms with van der Waals surface area (Å²) in [7, 11) is 0. The zero-order valence-electron chi connectivity index (χ0n) is 16.7. The number of hydrazone groups is 1. The van der Waals surface area contributed by atoms with Gasteiger partial charge in [0.25, 0.3) is 5.91 Å². The van der Waals surface area contributed by atoms with E-state index in [1.165, 1.54) is 18.0 Å². The normalized spacial score (nSPS) is 11.0. The third-order valence-electron chi connectivity index (χ3n) is 4.27. The molecule has 3 heterocycles. The summed E-state index contributed by atoms with van der Waals surface area (Å²) < 4.78 is 1.93. The molecular formula is C22H19N7OS. The van der Waals surface area contributed by atoms with E-state index in [9.17, 15) is 4.79 Å². The standard InChI is InChI=1S/C22H19N7OS/c1-16-5-7-19(8-6-16)29-21(17-9-12-23-13-10-17)27-28-22(29)31-15-20(30)26-25-14-18-4-2-3-11-24-18/h2-14H,15H2,1H3,(H,26,30)/b25-14-. The van der Waals surface area contributed by atoms with Crippen LogP contribution in [0, 0.1) is 6.92 Å². The second kappa shape index (κ2) is 9.77. The van der Waals surface area contributed by atoms with Crippen molar-refractivity contribution in [3.8, 4) is 17.1 Å². The number of nitrogens with zero attached hydrogens (tertiary/aromatic N) is 6. The number of benzene rings is 1. The van der Waals surface area contributed by atoms with Crippen molar-refractivity contribution in [2.45, 2.75) is 12.1 Å². The fourth-order valence-electron chi connectivity index (χ4n) is 2.76. The second-order valence-corrected chi connectivity index (χ2v) is 7.49. The smallest absolute Gasteiger partial charge is 0.250 e. The summed E-state index contributed by atoms with van der Waals surface area (Å²) in [6.45, 7) is 2.03. The highest BCUT2D eigenvalue weighted by molar-refractivity contribution is 7.99. The minimum absolute atomic E-state index is 0.139. The Morgan fingerprint density at radius 2 is 1.87 bits per heavy atom. The van der Waals surface area contributed by atoms with Crippen LogP contribution in [0.2, 0.25) is 0 Å². The fraction of sp³-hybridized carbons (Fsp3) is 0.0909. The van der Waals surface area contributed by atoms with Crippen LogP contribution in [0.5, 0.6) is 0 Å². The van der Waals surface area contributed by atoms with Gasteiger partial charge in [-0.05, 0) is 43.3 Å². The summed E-state index contributed by atoms with van der Waals surface area (Å²) >= 11 is 1.29. The van der Waals surface area contributed by atoms with Gasteiger partial charge in [-0.25, -0.2) is 5.43 Å². The van der Waals surface area contributed by atoms with Gasteiger partial charge in [-0.15, -0.1) is 10.2 Å². The van der Waals surface area contributed by atoms with E-state index < -0.39 is 0 Å². The Kier molecular flexibility index (Phi) is 6.44. The number of amides is 1. The molecule has 0 aliphatic rings. The molecule has 0 atom stereocenters. The van der Waals surface area contributed by atoms with E-state index >= 15 is 0 Å². The van der Waals surface area contributed by atoms with E-state index in [0.29, 0.717) is 16.7 Å². The number of carbonyl (C=O) groups is 1. The molecule has 154 valence electrons. The molecule has 0 aliphatic carbocycles. The molecule has 1 amide bonds. The Balaban J connectivity index is 1.51. The maximum Gasteiger partial charge on any atom is 0.250 e. The Morgan fingerprint density at radius 1 is 1.06 bits per heavy atom. The zero-order chi connectivity index (χ0) is 21.5. The van der Waals surface area contributed by atoms with E-state index in [0.717, 1.165) is 16.8 Å². The number of rotatable bonds is 7. The minimum Gasteiger partial charge on any atom is -0.272 e. The molecule has 0 bridgehead atoms. The molecule has 0 aliphatic heterocycles. The molecule has 0 unspecified atom stereocenters. The summed E-state index contributed by atoms with van der Waals surface area (Å²) in [6, 6.07) is 17.3. The number of hydrogen-bond donors (Lipinski definition) is 1. The Hall–Kier alpha value is -3.85. The van der Waals surface area contributed by atoms with Crippen molar-refractivity contribution in [2.75, 3.05) is 5.75 Å². The summed E-state index contributed by atoms with van der Waals surface area (Å²) in [5.74, 6) is 0.573. The molecule has 31 heavy (non-hydrogen) atoms. The van der Waals surface area contributed by atoms with Crippen molar-refractivity contribution < 1.29 is 4.79 Å². The van der Waals surface area contributed by atoms with Crippen molar-refractivity contribution in [1.82, 2.24) is 30.2 Å². The second-order valence-electron chi connectivity index (χ2n) is 6.55. The molecule has 0 spiro atoms. The summed E-state index contributed by atoms with van der Waals surface area (Å²) in [6.07, 6.45) is 6.59. The topological polar surface area (TPSA) is 98.0 Å². The number of carbonyl (C=O) groups excluding carboxylic acids is 1. The third kappa shape index (κ3) is 5.20. The number of thioether (sulfide) groups is 1. The van der Waals surface area contributed by atoms with Crippen LogP contribution in [0.4, 0.5) is 0 Å². The van der Waals surface area contributed by atoms with Crippen LogP contribution in [0.15, 0.2) is 83.4 Å². The minimum atomic E-state index is -0.249. The van der Waals surface area contributed by atoms with Crippen molar-refractivity contribution >= 4 is 23.9 Å². The first kappa shape index (κ1) is 20.4. The lowest BCUT2D eigenvalue weighted by Crippen LogP contribution is -2.20. The van der Waals surface area contributed by atoms with Crippen molar-refractivity contribution in [3.63, 3.8) is 0 Å². The van der Waals surface area contributed by atoms with Gasteiger partial charge in [-0.2, -0.15) is 5.10 Å². The average Bonchev–Trinajstić information content (AvgIpc) is 3.23. The van der Waals surface area contributed by atoms with Gasteiger partial charge in [-0.3, -0.25) is 19.3 Å². The average molecular weight is 430 g/mol. The Morgan fingerprint density at radius 3 is 2.61 bits per heavy atom. The van der Waals surface area contributed by atoms with Crippen molar-refractivity contribution in [1.29, 1.82) is 0 Å². The highest BCUT2D eigenvalue weighted by atomic mass is 32.2. The Labute approximate surface area is 183 Å². The van der Waals surface area contributed by atoms with Crippen LogP contribution in [0.3, 0.4) is 0 Å². The molecule has 1 N–H and O–H groups in total. The van der Waals surface area contributed by atoms with E-state index in [1.54, 1.807) is 24.7 Å². The number of aryl methyl sites for hydroxylation is 1. The predicted molar refractivity (Wildman–Crippen MR) is 120 cm³/mol. The number of hydrogen-bond acceptors (Lipinski definition) is 7. The van der Waals surface area contributed by atoms with Crippen molar-refractivity contribution in [3.05, 3.63) is 84.4 Å². The van der Waals surface area contributed by atoms with E-state index in [1.807, 2.05) is 60.0 Å². The van der Waals surface area contributed by atoms with Gasteiger partial charge in [0.15, 0.2) is 11.0 Å². The van der Waals surface area contributed by atoms with Crippen molar-refractivity contribution in [2.24, 2.45) is 5.10 Å². The first-order valence-corrected chi connectivity index (χ1v) is 10.5. The molecule has 3 aromatic heterocycles. The van der Waals surface area contributed by atoms with E-state index in [-0.39, 0.29) is 11.7 Å². The molecule has 0 radical (unpaired) electrons. The summed E-state index contributed by atoms with van der Waals surface area (Å²) in [5.41, 5.74) is 6.13. The van der Waals surface area contributed by atoms with Gasteiger partial charge in [0, 0.05) is 29.8 Å². The van der Waals surface area contributed by atoms with Crippen LogP contribution in [-0.4, -0.2) is 42.6 Å². The highest BCUT2D eigenvalue weighted by Gasteiger charge is 2.17. The number of pyridine rings is 2. The lowest BCUT2D eigenvalue weighted by molar-refractivity contribution is -0.118. The van der Waals surface area contributed by atoms with Crippen LogP contribution in [0.1, 0.15) is 11.3 Å². The maximum absolute atomic E-state index is 12.2. The molecule has 4 rings (SSSR count). The third-order valence-corrected chi connectivity index (χ3v) is 5.20. The quantitative estimate of drug-likeness (QED) is 0.275. The van der Waals surface area contributed by atoms with Gasteiger partial charge >= 0.3 is 0 Å². The number of nitrogens with one attached hydrogen (secondary N) is 1. The zero-order valence-corrected chi connectivity index (χ0v) is 17.5. The largest absolute Gasteiger partial charge is 0.272 e. The summed E-state index contributed by atoms with van der Waals surface area (Å²) in [5, 5.41) is 13.2. The first-order chi connectivity index (χ1) is 15.2. The molecule has 0 saturated carbocycles. The highest BCUT2D eigenvalue weighted by Crippen LogP contribution is 2.27. The Bertz CT molecular complexity index is 1180. The van der Waals surface area contributed by atoms with Gasteiger partial charge in [0.05, 0.1) is 17.7 Å². The van der Waals surface area contributed by atoms with Gasteiger partial charge < -0.3 is 0 Å². The molecule has 0 fully saturated rings. The number of aromatic nitrogens is 5. The van der Waals surface area contributed by atoms with E-state index in [2.05, 4.69) is 30.7 Å². The molecule has 0 saturated heterocycles. The van der Waals surface area contributed by atoms with Gasteiger partial charge in [0.2, 0.25) is 0 Å². The van der Waals surface area contributed by atoms with Gasteiger partial charge in [-0.1, -0.05) is 35.5 Å². The molecule has 8 nitrogen and oxygen atoms in total. The van der Waals surface area contributed by atoms with Crippen LogP contribution in [0.25, 0.3) is 17.1 Å².